The van der Waals surface area contributed by atoms with E-state index in [2.05, 4.69) is 20.5 Å². The second-order valence-electron chi connectivity index (χ2n) is 6.21. The molecule has 2 aromatic carbocycles. The van der Waals surface area contributed by atoms with Gasteiger partial charge in [-0.3, -0.25) is 24.0 Å². The third-order valence-corrected chi connectivity index (χ3v) is 6.44. The summed E-state index contributed by atoms with van der Waals surface area (Å²) in [5, 5.41) is 29.5. The fourth-order valence-corrected chi connectivity index (χ4v) is 4.42. The Balaban J connectivity index is 2.36. The van der Waals surface area contributed by atoms with Crippen molar-refractivity contribution in [1.82, 2.24) is 4.98 Å². The predicted octanol–water partition coefficient (Wildman–Crippen LogP) is 2.78. The maximum absolute atomic E-state index is 11.9. The number of carbonyl (C=O) groups excluding carboxylic acids is 1. The minimum absolute atomic E-state index is 0.286. The van der Waals surface area contributed by atoms with E-state index in [4.69, 9.17) is 0 Å². The van der Waals surface area contributed by atoms with Gasteiger partial charge in [0.25, 0.3) is 20.2 Å². The normalized spacial score (nSPS) is 12.3. The number of phenolic OH excluding ortho intramolecular Hbond substituents is 1. The summed E-state index contributed by atoms with van der Waals surface area (Å²) < 4.78 is 65.9. The van der Waals surface area contributed by atoms with E-state index in [9.17, 15) is 46.0 Å². The Bertz CT molecular complexity index is 1560. The predicted molar refractivity (Wildman–Crippen MR) is 112 cm³/mol. The van der Waals surface area contributed by atoms with Gasteiger partial charge in [0, 0.05) is 12.3 Å². The van der Waals surface area contributed by atoms with Crippen molar-refractivity contribution in [2.24, 2.45) is 10.2 Å². The highest BCUT2D eigenvalue weighted by atomic mass is 32.2. The highest BCUT2D eigenvalue weighted by Crippen LogP contribution is 2.45. The van der Waals surface area contributed by atoms with Crippen molar-refractivity contribution in [3.8, 4) is 5.75 Å². The number of hydrogen-bond donors (Lipinski definition) is 4. The molecule has 0 aliphatic rings. The monoisotopic (exact) mass is 517 g/mol. The van der Waals surface area contributed by atoms with Gasteiger partial charge in [-0.15, -0.1) is 10.2 Å². The van der Waals surface area contributed by atoms with Crippen molar-refractivity contribution < 1.29 is 40.8 Å². The molecule has 0 radical (unpaired) electrons. The van der Waals surface area contributed by atoms with Crippen LogP contribution >= 0.6 is 11.3 Å². The number of carbonyl (C=O) groups is 1. The number of thiazole rings is 1. The fraction of sp³-hybridized carbons (Fsp3) is 0.0667. The number of nitrogens with zero attached hydrogens (tertiary/aromatic N) is 4. The van der Waals surface area contributed by atoms with Crippen LogP contribution in [-0.4, -0.2) is 46.9 Å². The third kappa shape index (κ3) is 5.09. The minimum atomic E-state index is -5.08. The van der Waals surface area contributed by atoms with Crippen LogP contribution in [-0.2, 0) is 25.0 Å². The quantitative estimate of drug-likeness (QED) is 0.160. The van der Waals surface area contributed by atoms with Gasteiger partial charge in [0.05, 0.1) is 15.5 Å². The summed E-state index contributed by atoms with van der Waals surface area (Å²) in [5.41, 5.74) is -1.16. The van der Waals surface area contributed by atoms with Gasteiger partial charge in [0.15, 0.2) is 5.75 Å². The average molecular weight is 517 g/mol. The van der Waals surface area contributed by atoms with Crippen LogP contribution in [0.4, 0.5) is 21.5 Å². The van der Waals surface area contributed by atoms with Crippen LogP contribution in [0.1, 0.15) is 6.92 Å². The van der Waals surface area contributed by atoms with E-state index in [1.807, 2.05) is 0 Å². The fourth-order valence-electron chi connectivity index (χ4n) is 2.67. The Hall–Kier alpha value is -3.58. The maximum Gasteiger partial charge on any atom is 0.345 e. The number of hydrogen-bond acceptors (Lipinski definition) is 12. The lowest BCUT2D eigenvalue weighted by molar-refractivity contribution is -0.380. The third-order valence-electron chi connectivity index (χ3n) is 3.91. The van der Waals surface area contributed by atoms with Gasteiger partial charge in [-0.2, -0.15) is 16.8 Å². The summed E-state index contributed by atoms with van der Waals surface area (Å²) in [6.07, 6.45) is 0.870. The topological polar surface area (TPSA) is 239 Å². The van der Waals surface area contributed by atoms with Crippen LogP contribution in [0, 0.1) is 10.1 Å². The molecule has 18 heteroatoms. The molecule has 1 heterocycles. The van der Waals surface area contributed by atoms with Gasteiger partial charge in [-0.05, 0) is 34.9 Å². The zero-order valence-corrected chi connectivity index (χ0v) is 18.5. The van der Waals surface area contributed by atoms with Gasteiger partial charge in [0.1, 0.15) is 16.8 Å². The summed E-state index contributed by atoms with van der Waals surface area (Å²) in [7, 11) is -9.91. The van der Waals surface area contributed by atoms with E-state index in [0.717, 1.165) is 31.3 Å². The first-order valence-corrected chi connectivity index (χ1v) is 12.0. The van der Waals surface area contributed by atoms with E-state index in [0.29, 0.717) is 11.3 Å². The van der Waals surface area contributed by atoms with Crippen LogP contribution in [0.3, 0.4) is 0 Å². The summed E-state index contributed by atoms with van der Waals surface area (Å²) in [5.74, 6) is -1.65. The molecule has 0 spiro atoms. The van der Waals surface area contributed by atoms with Crippen molar-refractivity contribution in [3.05, 3.63) is 34.5 Å². The average Bonchev–Trinajstić information content (AvgIpc) is 3.14. The lowest BCUT2D eigenvalue weighted by atomic mass is 10.1. The summed E-state index contributed by atoms with van der Waals surface area (Å²) in [4.78, 5) is 23.4. The smallest absolute Gasteiger partial charge is 0.345 e. The SMILES string of the molecule is CC(=O)Nc1cc(S(=O)(=O)O)cc2cc(S(=O)(=O)O)c(N=Nc3ncc([N+](=O)[O-])s3)c(O)c12. The molecular weight excluding hydrogens is 506 g/mol. The number of fused-ring (bicyclic) bond motifs is 1. The molecule has 4 N–H and O–H groups in total. The van der Waals surface area contributed by atoms with E-state index < -0.39 is 57.3 Å². The lowest BCUT2D eigenvalue weighted by Crippen LogP contribution is -2.08. The number of anilines is 1. The number of amides is 1. The van der Waals surface area contributed by atoms with E-state index in [1.165, 1.54) is 0 Å². The maximum atomic E-state index is 11.9. The van der Waals surface area contributed by atoms with Crippen molar-refractivity contribution in [2.45, 2.75) is 16.7 Å². The molecule has 1 aromatic heterocycles. The first-order chi connectivity index (χ1) is 15.2. The zero-order valence-electron chi connectivity index (χ0n) is 16.0. The molecule has 3 aromatic rings. The van der Waals surface area contributed by atoms with Gasteiger partial charge in [-0.25, -0.2) is 4.98 Å². The van der Waals surface area contributed by atoms with Gasteiger partial charge in [-0.1, -0.05) is 0 Å². The van der Waals surface area contributed by atoms with Crippen LogP contribution in [0.2, 0.25) is 0 Å². The molecule has 15 nitrogen and oxygen atoms in total. The number of rotatable bonds is 6. The largest absolute Gasteiger partial charge is 0.505 e. The van der Waals surface area contributed by atoms with Crippen LogP contribution in [0.15, 0.2) is 44.4 Å². The number of phenols is 1. The minimum Gasteiger partial charge on any atom is -0.505 e. The van der Waals surface area contributed by atoms with Crippen LogP contribution in [0.5, 0.6) is 5.75 Å². The molecule has 0 fully saturated rings. The molecule has 0 unspecified atom stereocenters. The molecule has 0 atom stereocenters. The Morgan fingerprint density at radius 3 is 2.33 bits per heavy atom. The standard InChI is InChI=1S/C15H11N5O10S3/c1-6(21)17-9-4-8(32(25,26)27)2-7-3-10(33(28,29)30)13(14(22)12(7)9)18-19-15-16-5-11(31-15)20(23)24/h2-5,22H,1H3,(H,17,21)(H,25,26,27)(H,28,29,30). The van der Waals surface area contributed by atoms with Gasteiger partial charge in [0.2, 0.25) is 11.0 Å². The molecule has 0 aliphatic carbocycles. The Labute approximate surface area is 188 Å². The summed E-state index contributed by atoms with van der Waals surface area (Å²) >= 11 is 0.484. The highest BCUT2D eigenvalue weighted by Gasteiger charge is 2.26. The molecular formula is C15H11N5O10S3. The molecule has 0 saturated carbocycles. The van der Waals surface area contributed by atoms with Crippen molar-refractivity contribution in [3.63, 3.8) is 0 Å². The van der Waals surface area contributed by atoms with E-state index >= 15 is 0 Å². The van der Waals surface area contributed by atoms with Crippen LogP contribution in [0.25, 0.3) is 10.8 Å². The number of aromatic hydroxyl groups is 1. The van der Waals surface area contributed by atoms with Crippen molar-refractivity contribution in [1.29, 1.82) is 0 Å². The first kappa shape index (κ1) is 24.1. The second-order valence-corrected chi connectivity index (χ2v) is 10.0. The number of benzene rings is 2. The van der Waals surface area contributed by atoms with Gasteiger partial charge < -0.3 is 10.4 Å². The van der Waals surface area contributed by atoms with E-state index in [-0.39, 0.29) is 21.6 Å². The molecule has 1 amide bonds. The van der Waals surface area contributed by atoms with Crippen LogP contribution < -0.4 is 5.32 Å². The van der Waals surface area contributed by atoms with Crippen molar-refractivity contribution in [2.75, 3.05) is 5.32 Å². The summed E-state index contributed by atoms with van der Waals surface area (Å²) in [6, 6.07) is 2.32. The molecule has 33 heavy (non-hydrogen) atoms. The molecule has 0 bridgehead atoms. The van der Waals surface area contributed by atoms with Gasteiger partial charge >= 0.3 is 5.00 Å². The van der Waals surface area contributed by atoms with Crippen molar-refractivity contribution >= 4 is 69.8 Å². The highest BCUT2D eigenvalue weighted by molar-refractivity contribution is 7.86. The summed E-state index contributed by atoms with van der Waals surface area (Å²) in [6.45, 7) is 1.06. The molecule has 0 saturated heterocycles. The van der Waals surface area contributed by atoms with E-state index in [1.54, 1.807) is 0 Å². The Morgan fingerprint density at radius 1 is 1.15 bits per heavy atom. The second kappa shape index (κ2) is 8.41. The number of azo groups is 1. The molecule has 0 aliphatic heterocycles. The Morgan fingerprint density at radius 2 is 1.82 bits per heavy atom. The molecule has 3 rings (SSSR count). The molecule has 174 valence electrons. The number of aromatic nitrogens is 1. The first-order valence-electron chi connectivity index (χ1n) is 8.26. The zero-order chi connectivity index (χ0) is 24.7. The Kier molecular flexibility index (Phi) is 6.13. The number of nitro groups is 1. The lowest BCUT2D eigenvalue weighted by Gasteiger charge is -2.14. The number of nitrogens with one attached hydrogen (secondary N) is 1.